The molecule has 3 nitrogen and oxygen atoms in total. The lowest BCUT2D eigenvalue weighted by Crippen LogP contribution is -1.99. The number of aromatic nitrogens is 3. The third kappa shape index (κ3) is 4.59. The predicted molar refractivity (Wildman–Crippen MR) is 206 cm³/mol. The van der Waals surface area contributed by atoms with Crippen molar-refractivity contribution in [2.24, 2.45) is 0 Å². The Morgan fingerprint density at radius 2 is 0.940 bits per heavy atom. The van der Waals surface area contributed by atoms with Crippen molar-refractivity contribution in [2.45, 2.75) is 6.42 Å². The zero-order valence-electron chi connectivity index (χ0n) is 27.3. The van der Waals surface area contributed by atoms with Crippen LogP contribution < -0.4 is 0 Å². The fourth-order valence-corrected chi connectivity index (χ4v) is 7.71. The predicted octanol–water partition coefficient (Wildman–Crippen LogP) is 11.8. The molecule has 0 aliphatic heterocycles. The summed E-state index contributed by atoms with van der Waals surface area (Å²) in [6.45, 7) is 0. The molecule has 0 spiro atoms. The highest BCUT2D eigenvalue weighted by Crippen LogP contribution is 2.46. The Morgan fingerprint density at radius 1 is 0.400 bits per heavy atom. The van der Waals surface area contributed by atoms with Gasteiger partial charge in [0.1, 0.15) is 0 Å². The van der Waals surface area contributed by atoms with Crippen molar-refractivity contribution in [3.8, 4) is 61.8 Å². The van der Waals surface area contributed by atoms with Crippen LogP contribution in [0.3, 0.4) is 0 Å². The van der Waals surface area contributed by atoms with Crippen LogP contribution in [-0.2, 0) is 6.42 Å². The summed E-state index contributed by atoms with van der Waals surface area (Å²) in [7, 11) is 0. The van der Waals surface area contributed by atoms with Crippen LogP contribution in [0.4, 0.5) is 0 Å². The van der Waals surface area contributed by atoms with Crippen molar-refractivity contribution in [1.82, 2.24) is 14.5 Å². The quantitative estimate of drug-likeness (QED) is 0.188. The molecule has 0 radical (unpaired) electrons. The fourth-order valence-electron chi connectivity index (χ4n) is 7.71. The van der Waals surface area contributed by atoms with Crippen LogP contribution in [-0.4, -0.2) is 14.5 Å². The molecule has 234 valence electrons. The van der Waals surface area contributed by atoms with Gasteiger partial charge >= 0.3 is 0 Å². The van der Waals surface area contributed by atoms with E-state index in [1.807, 2.05) is 6.07 Å². The first-order valence-electron chi connectivity index (χ1n) is 17.1. The van der Waals surface area contributed by atoms with Crippen molar-refractivity contribution in [1.29, 1.82) is 0 Å². The largest absolute Gasteiger partial charge is 0.309 e. The molecule has 2 aromatic heterocycles. The van der Waals surface area contributed by atoms with E-state index in [2.05, 4.69) is 174 Å². The smallest absolute Gasteiger partial charge is 0.160 e. The second-order valence-corrected chi connectivity index (χ2v) is 13.0. The van der Waals surface area contributed by atoms with Crippen molar-refractivity contribution in [3.63, 3.8) is 0 Å². The molecule has 9 aromatic rings. The van der Waals surface area contributed by atoms with Crippen LogP contribution in [0.15, 0.2) is 176 Å². The van der Waals surface area contributed by atoms with Crippen LogP contribution >= 0.6 is 0 Å². The maximum absolute atomic E-state index is 5.31. The Balaban J connectivity index is 1.11. The van der Waals surface area contributed by atoms with Crippen molar-refractivity contribution in [3.05, 3.63) is 187 Å². The molecular formula is C47H31N3. The molecule has 50 heavy (non-hydrogen) atoms. The monoisotopic (exact) mass is 637 g/mol. The second-order valence-electron chi connectivity index (χ2n) is 13.0. The minimum absolute atomic E-state index is 0.746. The van der Waals surface area contributed by atoms with Gasteiger partial charge in [-0.2, -0.15) is 0 Å². The van der Waals surface area contributed by atoms with Gasteiger partial charge in [0.05, 0.1) is 22.4 Å². The fraction of sp³-hybridized carbons (Fsp3) is 0.0213. The summed E-state index contributed by atoms with van der Waals surface area (Å²) in [6.07, 6.45) is 0.794. The van der Waals surface area contributed by atoms with Crippen molar-refractivity contribution < 1.29 is 0 Å². The third-order valence-electron chi connectivity index (χ3n) is 10.1. The average molecular weight is 638 g/mol. The molecule has 3 heteroatoms. The van der Waals surface area contributed by atoms with E-state index >= 15 is 0 Å². The first kappa shape index (κ1) is 28.4. The summed E-state index contributed by atoms with van der Waals surface area (Å²) in [5.74, 6) is 0.746. The average Bonchev–Trinajstić information content (AvgIpc) is 3.74. The minimum Gasteiger partial charge on any atom is -0.309 e. The van der Waals surface area contributed by atoms with Gasteiger partial charge in [-0.25, -0.2) is 9.97 Å². The summed E-state index contributed by atoms with van der Waals surface area (Å²) >= 11 is 0. The Labute approximate surface area is 290 Å². The minimum atomic E-state index is 0.746. The van der Waals surface area contributed by atoms with E-state index in [1.54, 1.807) is 0 Å². The summed E-state index contributed by atoms with van der Waals surface area (Å²) in [6, 6.07) is 62.7. The van der Waals surface area contributed by atoms with Crippen LogP contribution in [0.2, 0.25) is 0 Å². The van der Waals surface area contributed by atoms with E-state index in [1.165, 1.54) is 60.8 Å². The number of fused-ring (bicyclic) bond motifs is 6. The Hall–Kier alpha value is -6.58. The molecule has 0 atom stereocenters. The van der Waals surface area contributed by atoms with Crippen LogP contribution in [0.5, 0.6) is 0 Å². The number of benzene rings is 7. The van der Waals surface area contributed by atoms with Gasteiger partial charge in [-0.1, -0.05) is 152 Å². The normalized spacial score (nSPS) is 11.9. The Bertz CT molecular complexity index is 2640. The number of hydrogen-bond acceptors (Lipinski definition) is 2. The van der Waals surface area contributed by atoms with Gasteiger partial charge in [0.25, 0.3) is 0 Å². The maximum atomic E-state index is 5.31. The van der Waals surface area contributed by atoms with Crippen LogP contribution in [0, 0.1) is 0 Å². The molecule has 0 saturated carbocycles. The third-order valence-corrected chi connectivity index (χ3v) is 10.1. The van der Waals surface area contributed by atoms with Gasteiger partial charge in [0.15, 0.2) is 5.82 Å². The van der Waals surface area contributed by atoms with E-state index in [0.29, 0.717) is 0 Å². The van der Waals surface area contributed by atoms with Gasteiger partial charge < -0.3 is 4.57 Å². The highest BCUT2D eigenvalue weighted by atomic mass is 15.0. The van der Waals surface area contributed by atoms with E-state index in [-0.39, 0.29) is 0 Å². The Morgan fingerprint density at radius 3 is 1.62 bits per heavy atom. The lowest BCUT2D eigenvalue weighted by Gasteiger charge is -2.14. The second kappa shape index (κ2) is 11.5. The summed E-state index contributed by atoms with van der Waals surface area (Å²) in [4.78, 5) is 10.6. The summed E-state index contributed by atoms with van der Waals surface area (Å²) in [5.41, 5.74) is 16.1. The lowest BCUT2D eigenvalue weighted by atomic mass is 9.96. The first-order valence-corrected chi connectivity index (χ1v) is 17.1. The van der Waals surface area contributed by atoms with Gasteiger partial charge in [-0.15, -0.1) is 0 Å². The molecule has 0 amide bonds. The molecule has 1 aliphatic carbocycles. The molecular weight excluding hydrogens is 607 g/mol. The highest BCUT2D eigenvalue weighted by Gasteiger charge is 2.28. The molecule has 7 aromatic carbocycles. The summed E-state index contributed by atoms with van der Waals surface area (Å²) < 4.78 is 2.37. The molecule has 0 N–H and O–H groups in total. The lowest BCUT2D eigenvalue weighted by molar-refractivity contribution is 1.13. The number of para-hydroxylation sites is 2. The molecule has 2 heterocycles. The van der Waals surface area contributed by atoms with Crippen molar-refractivity contribution >= 4 is 21.8 Å². The molecule has 10 rings (SSSR count). The maximum Gasteiger partial charge on any atom is 0.160 e. The molecule has 0 bridgehead atoms. The molecule has 0 fully saturated rings. The van der Waals surface area contributed by atoms with Gasteiger partial charge in [-0.05, 0) is 52.1 Å². The van der Waals surface area contributed by atoms with Crippen LogP contribution in [0.1, 0.15) is 11.1 Å². The first-order chi connectivity index (χ1) is 24.8. The molecule has 0 unspecified atom stereocenters. The van der Waals surface area contributed by atoms with E-state index < -0.39 is 0 Å². The van der Waals surface area contributed by atoms with E-state index in [4.69, 9.17) is 9.97 Å². The number of nitrogens with zero attached hydrogens (tertiary/aromatic N) is 3. The summed E-state index contributed by atoms with van der Waals surface area (Å²) in [5, 5.41) is 2.54. The van der Waals surface area contributed by atoms with E-state index in [0.717, 1.165) is 40.4 Å². The number of hydrogen-bond donors (Lipinski definition) is 0. The zero-order valence-corrected chi connectivity index (χ0v) is 27.3. The topological polar surface area (TPSA) is 30.7 Å². The highest BCUT2D eigenvalue weighted by molar-refractivity contribution is 6.09. The molecule has 0 saturated heterocycles. The standard InChI is InChI=1S/C47H31N3/c1-3-12-31(13-4-1)32-22-24-34(25-23-32)45-41-30-36-16-11-19-38(44(36)46(41)49-47(48-45)35-14-5-2-6-15-35)33-26-28-37(29-27-33)50-42-20-9-7-17-39(42)40-18-8-10-21-43(40)50/h1-29H,30H2. The molecule has 1 aliphatic rings. The van der Waals surface area contributed by atoms with Gasteiger partial charge in [0, 0.05) is 45.1 Å². The van der Waals surface area contributed by atoms with Crippen LogP contribution in [0.25, 0.3) is 83.6 Å². The Kier molecular flexibility index (Phi) is 6.56. The van der Waals surface area contributed by atoms with Gasteiger partial charge in [-0.3, -0.25) is 0 Å². The SMILES string of the molecule is c1ccc(-c2ccc(-c3nc(-c4ccccc4)nc4c3Cc3cccc(-c5ccc(-n6c7ccccc7c7ccccc76)cc5)c3-4)cc2)cc1. The number of rotatable bonds is 5. The zero-order chi connectivity index (χ0) is 33.0. The van der Waals surface area contributed by atoms with Crippen molar-refractivity contribution in [2.75, 3.05) is 0 Å². The van der Waals surface area contributed by atoms with Gasteiger partial charge in [0.2, 0.25) is 0 Å². The van der Waals surface area contributed by atoms with E-state index in [9.17, 15) is 0 Å².